The molecule has 20 heavy (non-hydrogen) atoms. The van der Waals surface area contributed by atoms with Crippen LogP contribution in [0.5, 0.6) is 5.75 Å². The predicted molar refractivity (Wildman–Crippen MR) is 74.7 cm³/mol. The average molecular weight is 270 g/mol. The maximum Gasteiger partial charge on any atom is 0.166 e. The van der Waals surface area contributed by atoms with Crippen molar-refractivity contribution in [3.05, 3.63) is 66.0 Å². The van der Waals surface area contributed by atoms with Crippen molar-refractivity contribution in [1.29, 1.82) is 5.26 Å². The number of likely N-dealkylation sites (N-methyl/N-ethyl adjacent to an activating group) is 1. The molecule has 102 valence electrons. The van der Waals surface area contributed by atoms with Crippen LogP contribution in [-0.4, -0.2) is 13.7 Å². The highest BCUT2D eigenvalue weighted by Crippen LogP contribution is 2.22. The zero-order chi connectivity index (χ0) is 14.4. The summed E-state index contributed by atoms with van der Waals surface area (Å²) in [6.07, 6.45) is 0. The quantitative estimate of drug-likeness (QED) is 0.908. The second kappa shape index (κ2) is 6.18. The van der Waals surface area contributed by atoms with E-state index in [0.717, 1.165) is 5.56 Å². The van der Waals surface area contributed by atoms with E-state index in [1.807, 2.05) is 30.3 Å². The van der Waals surface area contributed by atoms with Crippen molar-refractivity contribution in [2.45, 2.75) is 5.54 Å². The molecule has 1 N–H and O–H groups in total. The van der Waals surface area contributed by atoms with Crippen LogP contribution >= 0.6 is 0 Å². The maximum atomic E-state index is 13.1. The molecule has 0 radical (unpaired) electrons. The molecule has 0 spiro atoms. The molecule has 2 aromatic carbocycles. The van der Waals surface area contributed by atoms with E-state index in [1.54, 1.807) is 19.2 Å². The highest BCUT2D eigenvalue weighted by Gasteiger charge is 2.31. The molecular formula is C16H15FN2O. The summed E-state index contributed by atoms with van der Waals surface area (Å²) < 4.78 is 18.7. The van der Waals surface area contributed by atoms with E-state index in [1.165, 1.54) is 12.1 Å². The molecule has 0 aliphatic carbocycles. The van der Waals surface area contributed by atoms with Crippen LogP contribution in [0.25, 0.3) is 0 Å². The van der Waals surface area contributed by atoms with Crippen molar-refractivity contribution in [1.82, 2.24) is 5.32 Å². The Hall–Kier alpha value is -2.38. The summed E-state index contributed by atoms with van der Waals surface area (Å²) in [5.74, 6) is 0.0324. The first-order chi connectivity index (χ1) is 9.70. The molecule has 0 fully saturated rings. The van der Waals surface area contributed by atoms with Crippen LogP contribution in [0, 0.1) is 17.1 Å². The summed E-state index contributed by atoms with van der Waals surface area (Å²) in [6.45, 7) is 0.0907. The monoisotopic (exact) mass is 270 g/mol. The Morgan fingerprint density at radius 3 is 2.55 bits per heavy atom. The van der Waals surface area contributed by atoms with Crippen LogP contribution in [0.15, 0.2) is 54.6 Å². The lowest BCUT2D eigenvalue weighted by atomic mass is 9.92. The van der Waals surface area contributed by atoms with Gasteiger partial charge < -0.3 is 4.74 Å². The highest BCUT2D eigenvalue weighted by atomic mass is 19.1. The van der Waals surface area contributed by atoms with Gasteiger partial charge in [0.05, 0.1) is 6.07 Å². The molecule has 4 heteroatoms. The molecule has 2 aromatic rings. The van der Waals surface area contributed by atoms with Gasteiger partial charge in [-0.15, -0.1) is 0 Å². The lowest BCUT2D eigenvalue weighted by Gasteiger charge is -2.26. The highest BCUT2D eigenvalue weighted by molar-refractivity contribution is 5.32. The second-order valence-electron chi connectivity index (χ2n) is 4.38. The molecule has 0 aromatic heterocycles. The number of rotatable bonds is 5. The third kappa shape index (κ3) is 2.95. The van der Waals surface area contributed by atoms with Crippen molar-refractivity contribution in [3.63, 3.8) is 0 Å². The van der Waals surface area contributed by atoms with Crippen LogP contribution in [0.1, 0.15) is 5.56 Å². The number of hydrogen-bond acceptors (Lipinski definition) is 3. The summed E-state index contributed by atoms with van der Waals surface area (Å²) in [5.41, 5.74) is -0.158. The summed E-state index contributed by atoms with van der Waals surface area (Å²) in [7, 11) is 1.70. The first-order valence-corrected chi connectivity index (χ1v) is 6.24. The molecule has 1 unspecified atom stereocenters. The number of halogens is 1. The van der Waals surface area contributed by atoms with Crippen LogP contribution in [0.4, 0.5) is 4.39 Å². The standard InChI is InChI=1S/C16H15FN2O/c1-19-16(11-18,13-6-3-2-4-7-13)12-20-15-9-5-8-14(17)10-15/h2-10,19H,12H2,1H3. The average Bonchev–Trinajstić information content (AvgIpc) is 2.50. The smallest absolute Gasteiger partial charge is 0.166 e. The Morgan fingerprint density at radius 2 is 1.95 bits per heavy atom. The van der Waals surface area contributed by atoms with Crippen molar-refractivity contribution >= 4 is 0 Å². The minimum atomic E-state index is -0.965. The molecule has 0 bridgehead atoms. The zero-order valence-electron chi connectivity index (χ0n) is 11.1. The van der Waals surface area contributed by atoms with Crippen molar-refractivity contribution < 1.29 is 9.13 Å². The van der Waals surface area contributed by atoms with Gasteiger partial charge in [0.15, 0.2) is 5.54 Å². The van der Waals surface area contributed by atoms with E-state index in [-0.39, 0.29) is 12.4 Å². The Balaban J connectivity index is 2.21. The third-order valence-electron chi connectivity index (χ3n) is 3.14. The fourth-order valence-corrected chi connectivity index (χ4v) is 1.92. The maximum absolute atomic E-state index is 13.1. The van der Waals surface area contributed by atoms with Gasteiger partial charge in [0.1, 0.15) is 18.2 Å². The Kier molecular flexibility index (Phi) is 4.34. The van der Waals surface area contributed by atoms with Crippen molar-refractivity contribution in [2.24, 2.45) is 0 Å². The number of nitrogens with zero attached hydrogens (tertiary/aromatic N) is 1. The minimum absolute atomic E-state index is 0.0907. The molecule has 0 aliphatic heterocycles. The summed E-state index contributed by atoms with van der Waals surface area (Å²) in [5, 5.41) is 12.5. The molecule has 0 heterocycles. The van der Waals surface area contributed by atoms with Gasteiger partial charge in [0.25, 0.3) is 0 Å². The van der Waals surface area contributed by atoms with Gasteiger partial charge in [0.2, 0.25) is 0 Å². The summed E-state index contributed by atoms with van der Waals surface area (Å²) in [6, 6.07) is 17.4. The number of nitriles is 1. The van der Waals surface area contributed by atoms with Gasteiger partial charge in [-0.05, 0) is 24.7 Å². The molecule has 2 rings (SSSR count). The first kappa shape index (κ1) is 14.0. The molecule has 3 nitrogen and oxygen atoms in total. The lowest BCUT2D eigenvalue weighted by molar-refractivity contribution is 0.230. The summed E-state index contributed by atoms with van der Waals surface area (Å²) in [4.78, 5) is 0. The fourth-order valence-electron chi connectivity index (χ4n) is 1.92. The van der Waals surface area contributed by atoms with Gasteiger partial charge in [-0.25, -0.2) is 4.39 Å². The molecule has 0 aliphatic rings. The van der Waals surface area contributed by atoms with Crippen LogP contribution in [0.3, 0.4) is 0 Å². The molecular weight excluding hydrogens is 255 g/mol. The van der Waals surface area contributed by atoms with Gasteiger partial charge in [0, 0.05) is 6.07 Å². The van der Waals surface area contributed by atoms with Gasteiger partial charge in [-0.3, -0.25) is 5.32 Å². The minimum Gasteiger partial charge on any atom is -0.490 e. The normalized spacial score (nSPS) is 13.2. The van der Waals surface area contributed by atoms with Crippen LogP contribution in [0.2, 0.25) is 0 Å². The number of benzene rings is 2. The van der Waals surface area contributed by atoms with E-state index in [2.05, 4.69) is 11.4 Å². The zero-order valence-corrected chi connectivity index (χ0v) is 11.1. The second-order valence-corrected chi connectivity index (χ2v) is 4.38. The fraction of sp³-hybridized carbons (Fsp3) is 0.188. The largest absolute Gasteiger partial charge is 0.490 e. The van der Waals surface area contributed by atoms with Crippen molar-refractivity contribution in [3.8, 4) is 11.8 Å². The van der Waals surface area contributed by atoms with E-state index in [0.29, 0.717) is 5.75 Å². The van der Waals surface area contributed by atoms with E-state index in [9.17, 15) is 9.65 Å². The SMILES string of the molecule is CNC(C#N)(COc1cccc(F)c1)c1ccccc1. The Morgan fingerprint density at radius 1 is 1.20 bits per heavy atom. The third-order valence-corrected chi connectivity index (χ3v) is 3.14. The number of hydrogen-bond donors (Lipinski definition) is 1. The Bertz CT molecular complexity index is 609. The van der Waals surface area contributed by atoms with E-state index >= 15 is 0 Å². The van der Waals surface area contributed by atoms with E-state index < -0.39 is 5.54 Å². The predicted octanol–water partition coefficient (Wildman–Crippen LogP) is 2.84. The van der Waals surface area contributed by atoms with Crippen molar-refractivity contribution in [2.75, 3.05) is 13.7 Å². The first-order valence-electron chi connectivity index (χ1n) is 6.24. The topological polar surface area (TPSA) is 45.0 Å². The Labute approximate surface area is 117 Å². The molecule has 0 saturated heterocycles. The lowest BCUT2D eigenvalue weighted by Crippen LogP contribution is -2.44. The number of nitrogens with one attached hydrogen (secondary N) is 1. The van der Waals surface area contributed by atoms with E-state index in [4.69, 9.17) is 4.74 Å². The van der Waals surface area contributed by atoms with Crippen LogP contribution in [-0.2, 0) is 5.54 Å². The molecule has 0 saturated carbocycles. The molecule has 0 amide bonds. The summed E-state index contributed by atoms with van der Waals surface area (Å²) >= 11 is 0. The van der Waals surface area contributed by atoms with Gasteiger partial charge in [-0.2, -0.15) is 5.26 Å². The van der Waals surface area contributed by atoms with Crippen LogP contribution < -0.4 is 10.1 Å². The van der Waals surface area contributed by atoms with Gasteiger partial charge >= 0.3 is 0 Å². The molecule has 1 atom stereocenters. The number of ether oxygens (including phenoxy) is 1. The van der Waals surface area contributed by atoms with Gasteiger partial charge in [-0.1, -0.05) is 36.4 Å².